The smallest absolute Gasteiger partial charge is 0.227 e. The zero-order valence-electron chi connectivity index (χ0n) is 14.3. The number of amides is 1. The molecule has 2 saturated carbocycles. The molecule has 4 rings (SSSR count). The van der Waals surface area contributed by atoms with Crippen LogP contribution < -0.4 is 11.1 Å². The first-order valence-corrected chi connectivity index (χ1v) is 9.17. The summed E-state index contributed by atoms with van der Waals surface area (Å²) in [7, 11) is 0. The molecule has 6 nitrogen and oxygen atoms in total. The van der Waals surface area contributed by atoms with Gasteiger partial charge in [0.1, 0.15) is 12.7 Å². The highest BCUT2D eigenvalue weighted by molar-refractivity contribution is 5.93. The highest BCUT2D eigenvalue weighted by Crippen LogP contribution is 2.42. The average molecular weight is 339 g/mol. The summed E-state index contributed by atoms with van der Waals surface area (Å²) in [4.78, 5) is 16.8. The van der Waals surface area contributed by atoms with Gasteiger partial charge in [-0.15, -0.1) is 0 Å². The molecule has 1 aromatic carbocycles. The van der Waals surface area contributed by atoms with Crippen LogP contribution in [0.3, 0.4) is 0 Å². The summed E-state index contributed by atoms with van der Waals surface area (Å²) in [6.45, 7) is 0.594. The van der Waals surface area contributed by atoms with E-state index in [2.05, 4.69) is 15.4 Å². The molecule has 1 amide bonds. The molecule has 1 heterocycles. The average Bonchev–Trinajstić information content (AvgIpc) is 3.09. The first-order chi connectivity index (χ1) is 12.2. The largest absolute Gasteiger partial charge is 0.327 e. The molecule has 2 aromatic rings. The lowest BCUT2D eigenvalue weighted by Gasteiger charge is -2.43. The topological polar surface area (TPSA) is 85.8 Å². The molecule has 0 radical (unpaired) electrons. The Morgan fingerprint density at radius 1 is 1.24 bits per heavy atom. The van der Waals surface area contributed by atoms with Crippen molar-refractivity contribution in [2.45, 2.75) is 44.7 Å². The standard InChI is InChI=1S/C19H25N5O/c20-18-13-5-3-6-14(18)9-16(8-13)19(25)23-17-7-2-1-4-15(17)10-24-12-21-11-22-24/h1-2,4,7,11-14,16,18H,3,5-6,8-10,20H2,(H,23,25). The van der Waals surface area contributed by atoms with E-state index in [0.717, 1.165) is 24.1 Å². The van der Waals surface area contributed by atoms with Gasteiger partial charge in [0.25, 0.3) is 0 Å². The number of nitrogens with one attached hydrogen (secondary N) is 1. The lowest BCUT2D eigenvalue weighted by molar-refractivity contribution is -0.122. The molecule has 2 unspecified atom stereocenters. The van der Waals surface area contributed by atoms with Crippen molar-refractivity contribution >= 4 is 11.6 Å². The summed E-state index contributed by atoms with van der Waals surface area (Å²) in [5.41, 5.74) is 8.25. The molecule has 3 N–H and O–H groups in total. The Labute approximate surface area is 147 Å². The van der Waals surface area contributed by atoms with Crippen LogP contribution in [-0.4, -0.2) is 26.7 Å². The van der Waals surface area contributed by atoms with Gasteiger partial charge in [-0.1, -0.05) is 24.6 Å². The Morgan fingerprint density at radius 3 is 2.72 bits per heavy atom. The Balaban J connectivity index is 1.46. The quantitative estimate of drug-likeness (QED) is 0.896. The maximum atomic E-state index is 12.9. The van der Waals surface area contributed by atoms with Crippen molar-refractivity contribution in [2.24, 2.45) is 23.5 Å². The first kappa shape index (κ1) is 16.3. The Kier molecular flexibility index (Phi) is 4.53. The van der Waals surface area contributed by atoms with E-state index in [0.29, 0.717) is 18.4 Å². The SMILES string of the molecule is NC1C2CCCC1CC(C(=O)Nc1ccccc1Cn1cncn1)C2. The number of fused-ring (bicyclic) bond motifs is 2. The maximum absolute atomic E-state index is 12.9. The van der Waals surface area contributed by atoms with E-state index in [1.54, 1.807) is 11.0 Å². The molecule has 2 aliphatic carbocycles. The molecule has 0 saturated heterocycles. The molecule has 25 heavy (non-hydrogen) atoms. The number of carbonyl (C=O) groups excluding carboxylic acids is 1. The second-order valence-electron chi connectivity index (χ2n) is 7.44. The third-order valence-electron chi connectivity index (χ3n) is 5.86. The number of rotatable bonds is 4. The Morgan fingerprint density at radius 2 is 2.00 bits per heavy atom. The number of hydrogen-bond donors (Lipinski definition) is 2. The van der Waals surface area contributed by atoms with Crippen molar-refractivity contribution in [2.75, 3.05) is 5.32 Å². The molecule has 6 heteroatoms. The highest BCUT2D eigenvalue weighted by atomic mass is 16.1. The monoisotopic (exact) mass is 339 g/mol. The summed E-state index contributed by atoms with van der Waals surface area (Å²) in [5.74, 6) is 1.23. The molecule has 0 aliphatic heterocycles. The van der Waals surface area contributed by atoms with Gasteiger partial charge in [-0.05, 0) is 49.1 Å². The summed E-state index contributed by atoms with van der Waals surface area (Å²) in [6.07, 6.45) is 8.66. The Hall–Kier alpha value is -2.21. The van der Waals surface area contributed by atoms with Gasteiger partial charge in [0.2, 0.25) is 5.91 Å². The molecular weight excluding hydrogens is 314 g/mol. The van der Waals surface area contributed by atoms with Crippen molar-refractivity contribution in [1.29, 1.82) is 0 Å². The van der Waals surface area contributed by atoms with Crippen LogP contribution in [0.4, 0.5) is 5.69 Å². The zero-order chi connectivity index (χ0) is 17.2. The predicted octanol–water partition coefficient (Wildman–Crippen LogP) is 2.42. The van der Waals surface area contributed by atoms with Crippen LogP contribution in [0.15, 0.2) is 36.9 Å². The van der Waals surface area contributed by atoms with E-state index in [9.17, 15) is 4.79 Å². The molecule has 2 aliphatic rings. The van der Waals surface area contributed by atoms with E-state index in [4.69, 9.17) is 5.73 Å². The van der Waals surface area contributed by atoms with Crippen LogP contribution in [-0.2, 0) is 11.3 Å². The van der Waals surface area contributed by atoms with Gasteiger partial charge in [-0.25, -0.2) is 9.67 Å². The van der Waals surface area contributed by atoms with Crippen molar-refractivity contribution in [3.8, 4) is 0 Å². The summed E-state index contributed by atoms with van der Waals surface area (Å²) in [5, 5.41) is 7.30. The van der Waals surface area contributed by atoms with E-state index >= 15 is 0 Å². The Bertz CT molecular complexity index is 715. The minimum Gasteiger partial charge on any atom is -0.327 e. The van der Waals surface area contributed by atoms with Gasteiger partial charge in [0, 0.05) is 17.6 Å². The van der Waals surface area contributed by atoms with E-state index in [1.807, 2.05) is 24.3 Å². The summed E-state index contributed by atoms with van der Waals surface area (Å²) < 4.78 is 1.76. The van der Waals surface area contributed by atoms with Gasteiger partial charge in [0.05, 0.1) is 6.54 Å². The fourth-order valence-electron chi connectivity index (χ4n) is 4.51. The van der Waals surface area contributed by atoms with E-state index in [1.165, 1.54) is 25.6 Å². The molecule has 2 fully saturated rings. The minimum absolute atomic E-state index is 0.0783. The second-order valence-corrected chi connectivity index (χ2v) is 7.44. The van der Waals surface area contributed by atoms with E-state index in [-0.39, 0.29) is 17.9 Å². The van der Waals surface area contributed by atoms with Crippen LogP contribution in [0.2, 0.25) is 0 Å². The number of carbonyl (C=O) groups is 1. The molecule has 2 bridgehead atoms. The minimum atomic E-state index is 0.0783. The number of anilines is 1. The fraction of sp³-hybridized carbons (Fsp3) is 0.526. The lowest BCUT2D eigenvalue weighted by Crippen LogP contribution is -2.48. The maximum Gasteiger partial charge on any atom is 0.227 e. The van der Waals surface area contributed by atoms with Gasteiger partial charge in [-0.2, -0.15) is 5.10 Å². The molecule has 132 valence electrons. The third-order valence-corrected chi connectivity index (χ3v) is 5.86. The fourth-order valence-corrected chi connectivity index (χ4v) is 4.51. The number of hydrogen-bond acceptors (Lipinski definition) is 4. The summed E-state index contributed by atoms with van der Waals surface area (Å²) in [6, 6.07) is 8.19. The first-order valence-electron chi connectivity index (χ1n) is 9.17. The molecule has 0 spiro atoms. The van der Waals surface area contributed by atoms with Crippen molar-refractivity contribution in [3.05, 3.63) is 42.5 Å². The highest BCUT2D eigenvalue weighted by Gasteiger charge is 2.40. The zero-order valence-corrected chi connectivity index (χ0v) is 14.3. The van der Waals surface area contributed by atoms with Crippen molar-refractivity contribution < 1.29 is 4.79 Å². The van der Waals surface area contributed by atoms with Crippen LogP contribution in [0.1, 0.15) is 37.7 Å². The number of nitrogens with two attached hydrogens (primary N) is 1. The van der Waals surface area contributed by atoms with Crippen LogP contribution in [0.25, 0.3) is 0 Å². The molecule has 1 aromatic heterocycles. The molecule has 2 atom stereocenters. The van der Waals surface area contributed by atoms with Crippen LogP contribution in [0, 0.1) is 17.8 Å². The number of benzene rings is 1. The lowest BCUT2D eigenvalue weighted by atomic mass is 9.65. The van der Waals surface area contributed by atoms with Crippen molar-refractivity contribution in [1.82, 2.24) is 14.8 Å². The van der Waals surface area contributed by atoms with Gasteiger partial charge >= 0.3 is 0 Å². The summed E-state index contributed by atoms with van der Waals surface area (Å²) >= 11 is 0. The van der Waals surface area contributed by atoms with Crippen molar-refractivity contribution in [3.63, 3.8) is 0 Å². The third kappa shape index (κ3) is 3.44. The van der Waals surface area contributed by atoms with Gasteiger partial charge < -0.3 is 11.1 Å². The number of aromatic nitrogens is 3. The van der Waals surface area contributed by atoms with Gasteiger partial charge in [-0.3, -0.25) is 4.79 Å². The predicted molar refractivity (Wildman–Crippen MR) is 95.7 cm³/mol. The van der Waals surface area contributed by atoms with Crippen LogP contribution in [0.5, 0.6) is 0 Å². The number of para-hydroxylation sites is 1. The van der Waals surface area contributed by atoms with Gasteiger partial charge in [0.15, 0.2) is 0 Å². The molecular formula is C19H25N5O. The number of nitrogens with zero attached hydrogens (tertiary/aromatic N) is 3. The van der Waals surface area contributed by atoms with E-state index < -0.39 is 0 Å². The normalized spacial score (nSPS) is 28.5. The second kappa shape index (κ2) is 6.96. The van der Waals surface area contributed by atoms with Crippen LogP contribution >= 0.6 is 0 Å².